The molecule has 3 aliphatic heterocycles. The molecule has 9 heteroatoms. The van der Waals surface area contributed by atoms with Gasteiger partial charge in [-0.2, -0.15) is 0 Å². The Kier molecular flexibility index (Phi) is 7.24. The van der Waals surface area contributed by atoms with Crippen LogP contribution in [-0.2, 0) is 14.4 Å². The van der Waals surface area contributed by atoms with Crippen LogP contribution in [0.4, 0.5) is 0 Å². The fourth-order valence-electron chi connectivity index (χ4n) is 5.53. The average Bonchev–Trinajstić information content (AvgIpc) is 3.27. The molecule has 0 saturated carbocycles. The van der Waals surface area contributed by atoms with Crippen molar-refractivity contribution in [2.24, 2.45) is 11.8 Å². The first-order chi connectivity index (χ1) is 14.2. The summed E-state index contributed by atoms with van der Waals surface area (Å²) >= 11 is 5.14. The van der Waals surface area contributed by atoms with Crippen LogP contribution in [0.2, 0.25) is 0 Å². The zero-order chi connectivity index (χ0) is 22.2. The first kappa shape index (κ1) is 23.6. The first-order valence-electron chi connectivity index (χ1n) is 10.6. The molecule has 30 heavy (non-hydrogen) atoms. The highest BCUT2D eigenvalue weighted by Gasteiger charge is 2.76. The number of aliphatic hydroxyl groups is 1. The summed E-state index contributed by atoms with van der Waals surface area (Å²) in [4.78, 5) is 42.8. The molecule has 0 aromatic carbocycles. The van der Waals surface area contributed by atoms with Crippen LogP contribution in [0.1, 0.15) is 39.5 Å². The minimum Gasteiger partial charge on any atom is -0.481 e. The van der Waals surface area contributed by atoms with E-state index in [4.69, 9.17) is 0 Å². The van der Waals surface area contributed by atoms with Crippen LogP contribution >= 0.6 is 27.7 Å². The molecule has 3 heterocycles. The van der Waals surface area contributed by atoms with E-state index < -0.39 is 28.6 Å². The molecule has 1 spiro atoms. The highest BCUT2D eigenvalue weighted by atomic mass is 79.9. The van der Waals surface area contributed by atoms with Crippen molar-refractivity contribution < 1.29 is 24.6 Å². The highest BCUT2D eigenvalue weighted by molar-refractivity contribution is 9.09. The SMILES string of the molecule is C=CCN(C(=O)C1N(CCCO)C(=O)[C@@H]2[C@H](C(=O)O)[C@H]3SC12CC3Br)C(C)CCC. The van der Waals surface area contributed by atoms with Crippen molar-refractivity contribution in [3.05, 3.63) is 12.7 Å². The summed E-state index contributed by atoms with van der Waals surface area (Å²) in [6, 6.07) is -0.732. The van der Waals surface area contributed by atoms with Crippen LogP contribution in [0, 0.1) is 11.8 Å². The maximum absolute atomic E-state index is 13.9. The van der Waals surface area contributed by atoms with Gasteiger partial charge in [0.15, 0.2) is 0 Å². The summed E-state index contributed by atoms with van der Waals surface area (Å²) in [6.07, 6.45) is 4.39. The van der Waals surface area contributed by atoms with Crippen LogP contribution in [-0.4, -0.2) is 84.4 Å². The number of carboxylic acids is 1. The zero-order valence-corrected chi connectivity index (χ0v) is 19.9. The molecule has 0 aromatic rings. The Balaban J connectivity index is 2.04. The Morgan fingerprint density at radius 2 is 2.20 bits per heavy atom. The molecule has 0 radical (unpaired) electrons. The molecular formula is C21H31BrN2O5S. The van der Waals surface area contributed by atoms with E-state index >= 15 is 0 Å². The van der Waals surface area contributed by atoms with E-state index in [0.29, 0.717) is 19.4 Å². The van der Waals surface area contributed by atoms with Gasteiger partial charge in [-0.15, -0.1) is 18.3 Å². The zero-order valence-electron chi connectivity index (χ0n) is 17.5. The minimum absolute atomic E-state index is 0.00983. The van der Waals surface area contributed by atoms with Gasteiger partial charge in [0.05, 0.1) is 16.6 Å². The van der Waals surface area contributed by atoms with Gasteiger partial charge in [-0.05, 0) is 26.2 Å². The van der Waals surface area contributed by atoms with Crippen molar-refractivity contribution in [1.82, 2.24) is 9.80 Å². The van der Waals surface area contributed by atoms with Gasteiger partial charge in [0.1, 0.15) is 6.04 Å². The van der Waals surface area contributed by atoms with Gasteiger partial charge >= 0.3 is 5.97 Å². The molecule has 7 nitrogen and oxygen atoms in total. The molecule has 3 fully saturated rings. The van der Waals surface area contributed by atoms with E-state index in [2.05, 4.69) is 29.4 Å². The number of carboxylic acid groups (broad SMARTS) is 1. The molecule has 4 unspecified atom stereocenters. The molecule has 2 amide bonds. The number of aliphatic hydroxyl groups excluding tert-OH is 1. The number of carbonyl (C=O) groups is 3. The molecule has 168 valence electrons. The molecule has 0 aliphatic carbocycles. The third kappa shape index (κ3) is 3.60. The third-order valence-electron chi connectivity index (χ3n) is 6.71. The molecule has 2 N–H and O–H groups in total. The first-order valence-corrected chi connectivity index (χ1v) is 12.4. The van der Waals surface area contributed by atoms with Crippen LogP contribution < -0.4 is 0 Å². The number of aliphatic carboxylic acids is 1. The summed E-state index contributed by atoms with van der Waals surface area (Å²) in [7, 11) is 0. The van der Waals surface area contributed by atoms with Crippen molar-refractivity contribution in [3.63, 3.8) is 0 Å². The highest BCUT2D eigenvalue weighted by Crippen LogP contribution is 2.67. The van der Waals surface area contributed by atoms with Crippen LogP contribution in [0.15, 0.2) is 12.7 Å². The summed E-state index contributed by atoms with van der Waals surface area (Å²) in [5.41, 5.74) is 0. The van der Waals surface area contributed by atoms with E-state index in [1.165, 1.54) is 11.8 Å². The van der Waals surface area contributed by atoms with Gasteiger partial charge in [-0.25, -0.2) is 0 Å². The van der Waals surface area contributed by atoms with Gasteiger partial charge in [-0.3, -0.25) is 14.4 Å². The number of halogens is 1. The normalized spacial score (nSPS) is 35.4. The van der Waals surface area contributed by atoms with Crippen LogP contribution in [0.5, 0.6) is 0 Å². The topological polar surface area (TPSA) is 98.2 Å². The van der Waals surface area contributed by atoms with E-state index in [-0.39, 0.29) is 41.1 Å². The molecule has 3 rings (SSSR count). The standard InChI is InChI=1S/C21H31BrN2O5S/c1-4-7-12(3)23(8-5-2)19(27)17-21-11-13(22)16(30-21)14(20(28)29)15(21)18(26)24(17)9-6-10-25/h5,12-17,25H,2,4,6-11H2,1,3H3,(H,28,29)/t12?,13?,14-,15-,16-,17?,21?/m0/s1. The number of alkyl halides is 1. The summed E-state index contributed by atoms with van der Waals surface area (Å²) in [5.74, 6) is -2.89. The van der Waals surface area contributed by atoms with Gasteiger partial charge in [-0.1, -0.05) is 35.4 Å². The largest absolute Gasteiger partial charge is 0.481 e. The summed E-state index contributed by atoms with van der Waals surface area (Å²) in [5, 5.41) is 19.0. The number of hydrogen-bond donors (Lipinski definition) is 2. The number of amides is 2. The van der Waals surface area contributed by atoms with E-state index in [1.54, 1.807) is 15.9 Å². The van der Waals surface area contributed by atoms with E-state index in [0.717, 1.165) is 12.8 Å². The number of fused-ring (bicyclic) bond motifs is 1. The number of hydrogen-bond acceptors (Lipinski definition) is 5. The third-order valence-corrected chi connectivity index (χ3v) is 9.93. The molecule has 0 aromatic heterocycles. The number of likely N-dealkylation sites (tertiary alicyclic amines) is 1. The molecule has 7 atom stereocenters. The predicted molar refractivity (Wildman–Crippen MR) is 120 cm³/mol. The van der Waals surface area contributed by atoms with Crippen molar-refractivity contribution in [1.29, 1.82) is 0 Å². The van der Waals surface area contributed by atoms with Gasteiger partial charge in [0.2, 0.25) is 11.8 Å². The van der Waals surface area contributed by atoms with E-state index in [9.17, 15) is 24.6 Å². The average molecular weight is 503 g/mol. The lowest BCUT2D eigenvalue weighted by Crippen LogP contribution is -2.57. The van der Waals surface area contributed by atoms with Crippen molar-refractivity contribution in [3.8, 4) is 0 Å². The fourth-order valence-corrected chi connectivity index (χ4v) is 9.13. The smallest absolute Gasteiger partial charge is 0.308 e. The number of thioether (sulfide) groups is 1. The number of nitrogens with zero attached hydrogens (tertiary/aromatic N) is 2. The second kappa shape index (κ2) is 9.20. The monoisotopic (exact) mass is 502 g/mol. The lowest BCUT2D eigenvalue weighted by molar-refractivity contribution is -0.148. The molecular weight excluding hydrogens is 472 g/mol. The molecule has 3 aliphatic rings. The summed E-state index contributed by atoms with van der Waals surface area (Å²) in [6.45, 7) is 8.40. The second-order valence-corrected chi connectivity index (χ2v) is 11.2. The van der Waals surface area contributed by atoms with Gasteiger partial charge in [0, 0.05) is 35.8 Å². The molecule has 3 saturated heterocycles. The molecule has 2 bridgehead atoms. The Morgan fingerprint density at radius 1 is 1.50 bits per heavy atom. The number of rotatable bonds is 10. The maximum atomic E-state index is 13.9. The maximum Gasteiger partial charge on any atom is 0.308 e. The summed E-state index contributed by atoms with van der Waals surface area (Å²) < 4.78 is -0.753. The Bertz CT molecular complexity index is 722. The Labute approximate surface area is 190 Å². The Hall–Kier alpha value is -1.06. The van der Waals surface area contributed by atoms with Gasteiger partial charge in [0.25, 0.3) is 0 Å². The minimum atomic E-state index is -0.977. The lowest BCUT2D eigenvalue weighted by Gasteiger charge is -2.39. The quantitative estimate of drug-likeness (QED) is 0.350. The van der Waals surface area contributed by atoms with Crippen molar-refractivity contribution in [2.75, 3.05) is 19.7 Å². The van der Waals surface area contributed by atoms with Crippen molar-refractivity contribution in [2.45, 2.75) is 66.4 Å². The predicted octanol–water partition coefficient (Wildman–Crippen LogP) is 2.12. The number of carbonyl (C=O) groups excluding carboxylic acids is 2. The Morgan fingerprint density at radius 3 is 2.77 bits per heavy atom. The van der Waals surface area contributed by atoms with E-state index in [1.807, 2.05) is 6.92 Å². The van der Waals surface area contributed by atoms with Crippen LogP contribution in [0.25, 0.3) is 0 Å². The second-order valence-electron chi connectivity index (χ2n) is 8.53. The lowest BCUT2D eigenvalue weighted by atomic mass is 9.71. The fraction of sp³-hybridized carbons (Fsp3) is 0.762. The van der Waals surface area contributed by atoms with Crippen molar-refractivity contribution >= 4 is 45.5 Å². The van der Waals surface area contributed by atoms with Crippen LogP contribution in [0.3, 0.4) is 0 Å². The van der Waals surface area contributed by atoms with Gasteiger partial charge < -0.3 is 20.0 Å².